The molecule has 0 aliphatic rings. The van der Waals surface area contributed by atoms with E-state index in [4.69, 9.17) is 19.1 Å². The number of aliphatic hydroxyl groups excluding tert-OH is 2. The first-order valence-corrected chi connectivity index (χ1v) is 22.1. The molecule has 0 saturated heterocycles. The van der Waals surface area contributed by atoms with E-state index in [1.165, 1.54) is 96.3 Å². The van der Waals surface area contributed by atoms with Crippen LogP contribution in [0.3, 0.4) is 0 Å². The third kappa shape index (κ3) is 38.4. The lowest BCUT2D eigenvalue weighted by Gasteiger charge is -2.26. The van der Waals surface area contributed by atoms with Gasteiger partial charge in [0.2, 0.25) is 0 Å². The van der Waals surface area contributed by atoms with E-state index in [0.29, 0.717) is 12.8 Å². The summed E-state index contributed by atoms with van der Waals surface area (Å²) in [4.78, 5) is 37.0. The van der Waals surface area contributed by atoms with Crippen molar-refractivity contribution in [3.8, 4) is 0 Å². The van der Waals surface area contributed by atoms with Crippen molar-refractivity contribution in [2.75, 3.05) is 26.4 Å². The molecule has 0 aromatic rings. The third-order valence-electron chi connectivity index (χ3n) is 8.91. The van der Waals surface area contributed by atoms with E-state index in [-0.39, 0.29) is 25.6 Å². The second-order valence-corrected chi connectivity index (χ2v) is 15.4. The molecule has 0 aliphatic carbocycles. The highest BCUT2D eigenvalue weighted by atomic mass is 31.2. The number of esters is 2. The van der Waals surface area contributed by atoms with Crippen molar-refractivity contribution in [3.63, 3.8) is 0 Å². The minimum absolute atomic E-state index is 0. The SMILES string of the molecule is CCCCCCCC/C=C\CCCCCCCC(=O)O[C@H](COC(=O)CCCCCCCCCCCCCCC)COP(=O)([O-])OC[C@H](O)CO.[NH4+]. The summed E-state index contributed by atoms with van der Waals surface area (Å²) in [6.45, 7) is 2.19. The maximum Gasteiger partial charge on any atom is 0.306 e. The third-order valence-corrected chi connectivity index (χ3v) is 9.84. The van der Waals surface area contributed by atoms with Gasteiger partial charge in [0.15, 0.2) is 6.10 Å². The number of hydrogen-bond acceptors (Lipinski definition) is 10. The number of unbranched alkanes of at least 4 members (excludes halogenated alkanes) is 23. The van der Waals surface area contributed by atoms with E-state index < -0.39 is 51.8 Å². The van der Waals surface area contributed by atoms with Crippen LogP contribution in [0.5, 0.6) is 0 Å². The molecule has 0 spiro atoms. The molecule has 0 aromatic heterocycles. The topological polar surface area (TPSA) is 188 Å². The van der Waals surface area contributed by atoms with E-state index in [9.17, 15) is 24.2 Å². The Balaban J connectivity index is 0. The highest BCUT2D eigenvalue weighted by Crippen LogP contribution is 2.38. The van der Waals surface area contributed by atoms with Crippen LogP contribution in [0.4, 0.5) is 0 Å². The number of hydrogen-bond donors (Lipinski definition) is 3. The van der Waals surface area contributed by atoms with Gasteiger partial charge in [-0.25, -0.2) is 0 Å². The molecule has 1 unspecified atom stereocenters. The van der Waals surface area contributed by atoms with Gasteiger partial charge in [0.05, 0.1) is 19.8 Å². The molecule has 6 N–H and O–H groups in total. The van der Waals surface area contributed by atoms with Crippen LogP contribution in [0.1, 0.15) is 194 Å². The second kappa shape index (κ2) is 39.4. The average molecular weight is 766 g/mol. The van der Waals surface area contributed by atoms with Crippen LogP contribution in [0.25, 0.3) is 0 Å². The number of rotatable bonds is 39. The largest absolute Gasteiger partial charge is 0.756 e. The molecule has 0 amide bonds. The Labute approximate surface area is 317 Å². The van der Waals surface area contributed by atoms with Gasteiger partial charge < -0.3 is 39.8 Å². The smallest absolute Gasteiger partial charge is 0.306 e. The first-order valence-electron chi connectivity index (χ1n) is 20.6. The molecule has 12 heteroatoms. The number of carbonyl (C=O) groups excluding carboxylic acids is 2. The maximum atomic E-state index is 12.6. The van der Waals surface area contributed by atoms with E-state index in [0.717, 1.165) is 57.8 Å². The van der Waals surface area contributed by atoms with Crippen molar-refractivity contribution in [3.05, 3.63) is 12.2 Å². The zero-order chi connectivity index (χ0) is 37.7. The monoisotopic (exact) mass is 766 g/mol. The molecule has 0 rings (SSSR count). The number of ether oxygens (including phenoxy) is 2. The molecule has 0 saturated carbocycles. The molecule has 3 atom stereocenters. The number of phosphoric ester groups is 1. The van der Waals surface area contributed by atoms with Crippen molar-refractivity contribution in [2.24, 2.45) is 0 Å². The van der Waals surface area contributed by atoms with Gasteiger partial charge >= 0.3 is 11.9 Å². The van der Waals surface area contributed by atoms with Crippen molar-refractivity contribution in [1.29, 1.82) is 0 Å². The molecule has 0 radical (unpaired) electrons. The van der Waals surface area contributed by atoms with Crippen LogP contribution >= 0.6 is 7.82 Å². The molecule has 11 nitrogen and oxygen atoms in total. The molecule has 0 bridgehead atoms. The summed E-state index contributed by atoms with van der Waals surface area (Å²) < 4.78 is 32.3. The first-order chi connectivity index (χ1) is 24.7. The summed E-state index contributed by atoms with van der Waals surface area (Å²) in [5.41, 5.74) is 0. The van der Waals surface area contributed by atoms with Crippen LogP contribution in [0.15, 0.2) is 12.2 Å². The fourth-order valence-corrected chi connectivity index (χ4v) is 6.47. The Hall–Kier alpha value is -1.33. The molecular formula is C40H80NO10P. The van der Waals surface area contributed by atoms with Crippen molar-refractivity contribution >= 4 is 19.8 Å². The predicted octanol–water partition coefficient (Wildman–Crippen LogP) is 10.2. The van der Waals surface area contributed by atoms with Gasteiger partial charge in [0, 0.05) is 12.8 Å². The molecule has 310 valence electrons. The first kappa shape index (κ1) is 52.8. The summed E-state index contributed by atoms with van der Waals surface area (Å²) in [5, 5.41) is 18.2. The quantitative estimate of drug-likeness (QED) is 0.0235. The van der Waals surface area contributed by atoms with E-state index in [1.54, 1.807) is 0 Å². The van der Waals surface area contributed by atoms with Gasteiger partial charge in [-0.05, 0) is 38.5 Å². The van der Waals surface area contributed by atoms with Crippen LogP contribution in [-0.2, 0) is 32.7 Å². The second-order valence-electron chi connectivity index (χ2n) is 14.0. The van der Waals surface area contributed by atoms with Gasteiger partial charge in [-0.2, -0.15) is 0 Å². The Bertz CT molecular complexity index is 875. The van der Waals surface area contributed by atoms with E-state index >= 15 is 0 Å². The van der Waals surface area contributed by atoms with Crippen LogP contribution in [0.2, 0.25) is 0 Å². The fraction of sp³-hybridized carbons (Fsp3) is 0.900. The van der Waals surface area contributed by atoms with Crippen LogP contribution in [0, 0.1) is 0 Å². The molecular weight excluding hydrogens is 685 g/mol. The van der Waals surface area contributed by atoms with Gasteiger partial charge in [-0.1, -0.05) is 154 Å². The summed E-state index contributed by atoms with van der Waals surface area (Å²) in [6.07, 6.45) is 32.9. The van der Waals surface area contributed by atoms with E-state index in [2.05, 4.69) is 30.5 Å². The highest BCUT2D eigenvalue weighted by molar-refractivity contribution is 7.45. The Morgan fingerprint density at radius 1 is 0.596 bits per heavy atom. The van der Waals surface area contributed by atoms with Gasteiger partial charge in [-0.15, -0.1) is 0 Å². The van der Waals surface area contributed by atoms with Crippen molar-refractivity contribution in [2.45, 2.75) is 206 Å². The average Bonchev–Trinajstić information content (AvgIpc) is 3.12. The number of aliphatic hydroxyl groups is 2. The normalized spacial score (nSPS) is 13.8. The molecule has 52 heavy (non-hydrogen) atoms. The van der Waals surface area contributed by atoms with Crippen LogP contribution < -0.4 is 11.0 Å². The van der Waals surface area contributed by atoms with Crippen molar-refractivity contribution < 1.29 is 47.8 Å². The minimum Gasteiger partial charge on any atom is -0.756 e. The lowest BCUT2D eigenvalue weighted by atomic mass is 10.0. The Morgan fingerprint density at radius 2 is 0.981 bits per heavy atom. The number of carbonyl (C=O) groups is 2. The summed E-state index contributed by atoms with van der Waals surface area (Å²) in [7, 11) is -4.86. The fourth-order valence-electron chi connectivity index (χ4n) is 5.69. The number of allylic oxidation sites excluding steroid dienone is 2. The van der Waals surface area contributed by atoms with E-state index in [1.807, 2.05) is 0 Å². The Morgan fingerprint density at radius 3 is 1.42 bits per heavy atom. The molecule has 0 heterocycles. The van der Waals surface area contributed by atoms with Gasteiger partial charge in [0.1, 0.15) is 12.7 Å². The number of phosphoric acid groups is 1. The predicted molar refractivity (Wildman–Crippen MR) is 209 cm³/mol. The highest BCUT2D eigenvalue weighted by Gasteiger charge is 2.21. The lowest BCUT2D eigenvalue weighted by Crippen LogP contribution is -2.30. The zero-order valence-electron chi connectivity index (χ0n) is 33.5. The zero-order valence-corrected chi connectivity index (χ0v) is 34.4. The number of quaternary nitrogens is 1. The van der Waals surface area contributed by atoms with Gasteiger partial charge in [0.25, 0.3) is 7.82 Å². The van der Waals surface area contributed by atoms with Gasteiger partial charge in [-0.3, -0.25) is 14.2 Å². The maximum absolute atomic E-state index is 12.6. The summed E-state index contributed by atoms with van der Waals surface area (Å²) in [6, 6.07) is 0. The lowest BCUT2D eigenvalue weighted by molar-refractivity contribution is -0.230. The molecule has 0 fully saturated rings. The Kier molecular flexibility index (Phi) is 40.0. The van der Waals surface area contributed by atoms with Crippen LogP contribution in [-0.4, -0.2) is 60.8 Å². The summed E-state index contributed by atoms with van der Waals surface area (Å²) in [5.74, 6) is -0.963. The standard InChI is InChI=1S/C40H77O10P.H3N/c1-3-5-7-9-11-13-15-17-18-20-22-24-26-28-30-32-40(44)50-38(36-49-51(45,46)48-34-37(42)33-41)35-47-39(43)31-29-27-25-23-21-19-16-14-12-10-8-6-4-2;/h17-18,37-38,41-42H,3-16,19-36H2,1-2H3,(H,45,46);1H3/b18-17-;/t37-,38-;/m1./s1. The molecule has 0 aliphatic heterocycles. The van der Waals surface area contributed by atoms with Crippen molar-refractivity contribution in [1.82, 2.24) is 6.15 Å². The molecule has 0 aromatic carbocycles. The summed E-state index contributed by atoms with van der Waals surface area (Å²) >= 11 is 0. The minimum atomic E-state index is -4.86.